The fourth-order valence-corrected chi connectivity index (χ4v) is 3.63. The molecule has 0 aliphatic carbocycles. The first-order chi connectivity index (χ1) is 16.0. The number of ether oxygens (including phenoxy) is 3. The molecule has 1 N–H and O–H groups in total. The van der Waals surface area contributed by atoms with Crippen LogP contribution in [-0.2, 0) is 17.9 Å². The average Bonchev–Trinajstić information content (AvgIpc) is 2.78. The molecule has 2 heterocycles. The van der Waals surface area contributed by atoms with Gasteiger partial charge in [-0.25, -0.2) is 0 Å². The van der Waals surface area contributed by atoms with E-state index in [1.54, 1.807) is 50.4 Å². The summed E-state index contributed by atoms with van der Waals surface area (Å²) in [6.07, 6.45) is -3.21. The van der Waals surface area contributed by atoms with Gasteiger partial charge in [-0.15, -0.1) is 13.2 Å². The van der Waals surface area contributed by atoms with Crippen molar-refractivity contribution >= 4 is 5.69 Å². The summed E-state index contributed by atoms with van der Waals surface area (Å²) < 4.78 is 55.3. The SMILES string of the molecule is Cc1ncc(CNc2ccc(-c3ccc(C#N)cc3)cc2OC(F)(F)F)c2c1OC(C)(C)OC2. The summed E-state index contributed by atoms with van der Waals surface area (Å²) in [4.78, 5) is 4.37. The highest BCUT2D eigenvalue weighted by molar-refractivity contribution is 5.71. The number of aromatic nitrogens is 1. The summed E-state index contributed by atoms with van der Waals surface area (Å²) >= 11 is 0. The van der Waals surface area contributed by atoms with Crippen molar-refractivity contribution in [2.24, 2.45) is 0 Å². The highest BCUT2D eigenvalue weighted by Gasteiger charge is 2.33. The predicted molar refractivity (Wildman–Crippen MR) is 119 cm³/mol. The quantitative estimate of drug-likeness (QED) is 0.488. The van der Waals surface area contributed by atoms with E-state index >= 15 is 0 Å². The highest BCUT2D eigenvalue weighted by Crippen LogP contribution is 2.37. The molecule has 3 aromatic rings. The van der Waals surface area contributed by atoms with E-state index in [2.05, 4.69) is 15.0 Å². The number of nitriles is 1. The van der Waals surface area contributed by atoms with Gasteiger partial charge in [0, 0.05) is 32.2 Å². The third kappa shape index (κ3) is 5.24. The third-order valence-electron chi connectivity index (χ3n) is 5.34. The number of hydrogen-bond donors (Lipinski definition) is 1. The Kier molecular flexibility index (Phi) is 6.11. The zero-order chi connectivity index (χ0) is 24.5. The van der Waals surface area contributed by atoms with Gasteiger partial charge in [0.05, 0.1) is 29.6 Å². The number of nitrogens with zero attached hydrogens (tertiary/aromatic N) is 2. The molecule has 0 unspecified atom stereocenters. The van der Waals surface area contributed by atoms with Crippen molar-refractivity contribution < 1.29 is 27.4 Å². The lowest BCUT2D eigenvalue weighted by Gasteiger charge is -2.34. The van der Waals surface area contributed by atoms with E-state index in [1.807, 2.05) is 13.0 Å². The minimum absolute atomic E-state index is 0.169. The minimum atomic E-state index is -4.86. The molecule has 2 aromatic carbocycles. The summed E-state index contributed by atoms with van der Waals surface area (Å²) in [5.74, 6) is -0.532. The summed E-state index contributed by atoms with van der Waals surface area (Å²) in [5.41, 5.74) is 4.06. The first-order valence-electron chi connectivity index (χ1n) is 10.5. The van der Waals surface area contributed by atoms with E-state index in [0.717, 1.165) is 11.1 Å². The van der Waals surface area contributed by atoms with Crippen LogP contribution in [0.15, 0.2) is 48.7 Å². The molecule has 0 spiro atoms. The smallest absolute Gasteiger partial charge is 0.461 e. The van der Waals surface area contributed by atoms with Crippen LogP contribution in [0.5, 0.6) is 11.5 Å². The Balaban J connectivity index is 1.62. The van der Waals surface area contributed by atoms with Gasteiger partial charge in [-0.3, -0.25) is 4.98 Å². The predicted octanol–water partition coefficient (Wildman–Crippen LogP) is 6.08. The minimum Gasteiger partial charge on any atom is -0.461 e. The average molecular weight is 469 g/mol. The molecule has 4 rings (SSSR count). The molecule has 1 aliphatic rings. The molecule has 0 fully saturated rings. The molecule has 34 heavy (non-hydrogen) atoms. The molecule has 176 valence electrons. The largest absolute Gasteiger partial charge is 0.573 e. The summed E-state index contributed by atoms with van der Waals surface area (Å²) in [6, 6.07) is 13.1. The standard InChI is InChI=1S/C25H22F3N3O3/c1-15-23-20(14-32-24(2,3)34-23)19(12-30-15)13-31-21-9-8-18(10-22(21)33-25(26,27)28)17-6-4-16(11-29)5-7-17/h4-10,12,31H,13-14H2,1-3H3. The normalized spacial score (nSPS) is 14.5. The van der Waals surface area contributed by atoms with E-state index in [4.69, 9.17) is 14.7 Å². The van der Waals surface area contributed by atoms with Crippen LogP contribution >= 0.6 is 0 Å². The van der Waals surface area contributed by atoms with Crippen LogP contribution in [0.4, 0.5) is 18.9 Å². The monoisotopic (exact) mass is 469 g/mol. The maximum absolute atomic E-state index is 13.1. The number of fused-ring (bicyclic) bond motifs is 1. The molecule has 0 amide bonds. The fourth-order valence-electron chi connectivity index (χ4n) is 3.63. The van der Waals surface area contributed by atoms with Crippen LogP contribution in [0, 0.1) is 18.3 Å². The second kappa shape index (κ2) is 8.88. The lowest BCUT2D eigenvalue weighted by Crippen LogP contribution is -2.36. The Bertz CT molecular complexity index is 1250. The fraction of sp³-hybridized carbons (Fsp3) is 0.280. The van der Waals surface area contributed by atoms with E-state index in [-0.39, 0.29) is 18.0 Å². The van der Waals surface area contributed by atoms with Crippen molar-refractivity contribution in [2.45, 2.75) is 46.1 Å². The summed E-state index contributed by atoms with van der Waals surface area (Å²) in [7, 11) is 0. The van der Waals surface area contributed by atoms with Crippen LogP contribution in [0.1, 0.15) is 36.2 Å². The lowest BCUT2D eigenvalue weighted by atomic mass is 10.0. The molecule has 0 bridgehead atoms. The Morgan fingerprint density at radius 1 is 1.15 bits per heavy atom. The Morgan fingerprint density at radius 2 is 1.85 bits per heavy atom. The van der Waals surface area contributed by atoms with Gasteiger partial charge in [0.15, 0.2) is 5.75 Å². The molecule has 6 nitrogen and oxygen atoms in total. The van der Waals surface area contributed by atoms with Crippen molar-refractivity contribution in [3.05, 3.63) is 71.0 Å². The lowest BCUT2D eigenvalue weighted by molar-refractivity contribution is -0.274. The van der Waals surface area contributed by atoms with Gasteiger partial charge in [0.25, 0.3) is 0 Å². The molecule has 1 aromatic heterocycles. The van der Waals surface area contributed by atoms with Gasteiger partial charge in [-0.1, -0.05) is 18.2 Å². The van der Waals surface area contributed by atoms with Crippen molar-refractivity contribution in [1.29, 1.82) is 5.26 Å². The van der Waals surface area contributed by atoms with Gasteiger partial charge < -0.3 is 19.5 Å². The van der Waals surface area contributed by atoms with Gasteiger partial charge in [-0.05, 0) is 47.9 Å². The number of hydrogen-bond acceptors (Lipinski definition) is 6. The number of pyridine rings is 1. The van der Waals surface area contributed by atoms with E-state index in [1.165, 1.54) is 12.1 Å². The van der Waals surface area contributed by atoms with Gasteiger partial charge in [-0.2, -0.15) is 5.26 Å². The van der Waals surface area contributed by atoms with Crippen LogP contribution in [0.3, 0.4) is 0 Å². The number of rotatable bonds is 5. The van der Waals surface area contributed by atoms with Crippen molar-refractivity contribution in [2.75, 3.05) is 5.32 Å². The van der Waals surface area contributed by atoms with Gasteiger partial charge in [0.1, 0.15) is 5.75 Å². The molecule has 0 atom stereocenters. The Hall–Kier alpha value is -3.77. The first-order valence-corrected chi connectivity index (χ1v) is 10.5. The van der Waals surface area contributed by atoms with Crippen molar-refractivity contribution in [3.63, 3.8) is 0 Å². The van der Waals surface area contributed by atoms with Crippen molar-refractivity contribution in [1.82, 2.24) is 4.98 Å². The first kappa shape index (κ1) is 23.4. The molecule has 0 saturated heterocycles. The number of alkyl halides is 3. The summed E-state index contributed by atoms with van der Waals surface area (Å²) in [5, 5.41) is 12.0. The Labute approximate surface area is 194 Å². The topological polar surface area (TPSA) is 76.4 Å². The molecule has 0 radical (unpaired) electrons. The Morgan fingerprint density at radius 3 is 2.53 bits per heavy atom. The molecular formula is C25H22F3N3O3. The number of aryl methyl sites for hydroxylation is 1. The number of anilines is 1. The molecule has 0 saturated carbocycles. The van der Waals surface area contributed by atoms with Crippen LogP contribution in [0.2, 0.25) is 0 Å². The third-order valence-corrected chi connectivity index (χ3v) is 5.34. The maximum Gasteiger partial charge on any atom is 0.573 e. The van der Waals surface area contributed by atoms with Crippen LogP contribution in [0.25, 0.3) is 11.1 Å². The second-order valence-electron chi connectivity index (χ2n) is 8.27. The zero-order valence-corrected chi connectivity index (χ0v) is 18.8. The van der Waals surface area contributed by atoms with E-state index in [0.29, 0.717) is 34.7 Å². The van der Waals surface area contributed by atoms with Crippen LogP contribution < -0.4 is 14.8 Å². The highest BCUT2D eigenvalue weighted by atomic mass is 19.4. The summed E-state index contributed by atoms with van der Waals surface area (Å²) in [6.45, 7) is 5.92. The van der Waals surface area contributed by atoms with Crippen LogP contribution in [-0.4, -0.2) is 17.1 Å². The molecule has 1 aliphatic heterocycles. The van der Waals surface area contributed by atoms with Crippen molar-refractivity contribution in [3.8, 4) is 28.7 Å². The number of benzene rings is 2. The van der Waals surface area contributed by atoms with Gasteiger partial charge >= 0.3 is 6.36 Å². The molecule has 9 heteroatoms. The zero-order valence-electron chi connectivity index (χ0n) is 18.8. The number of nitrogens with one attached hydrogen (secondary N) is 1. The number of halogens is 3. The second-order valence-corrected chi connectivity index (χ2v) is 8.27. The van der Waals surface area contributed by atoms with Gasteiger partial charge in [0.2, 0.25) is 5.79 Å². The maximum atomic E-state index is 13.1. The van der Waals surface area contributed by atoms with E-state index < -0.39 is 12.1 Å². The van der Waals surface area contributed by atoms with E-state index in [9.17, 15) is 13.2 Å². The molecular weight excluding hydrogens is 447 g/mol.